The highest BCUT2D eigenvalue weighted by molar-refractivity contribution is 8.00. The molecule has 0 radical (unpaired) electrons. The lowest BCUT2D eigenvalue weighted by molar-refractivity contribution is -0.132. The highest BCUT2D eigenvalue weighted by atomic mass is 32.2. The first kappa shape index (κ1) is 26.9. The maximum atomic E-state index is 13.5. The van der Waals surface area contributed by atoms with E-state index >= 15 is 0 Å². The minimum Gasteiger partial charge on any atom is -0.507 e. The van der Waals surface area contributed by atoms with E-state index in [1.165, 1.54) is 33.6 Å². The summed E-state index contributed by atoms with van der Waals surface area (Å²) in [5.74, 6) is 0.364. The average Bonchev–Trinajstić information content (AvgIpc) is 3.58. The van der Waals surface area contributed by atoms with Gasteiger partial charge in [-0.25, -0.2) is 0 Å². The Morgan fingerprint density at radius 1 is 1.02 bits per heavy atom. The molecule has 9 nitrogen and oxygen atoms in total. The number of carbonyl (C=O) groups is 2. The van der Waals surface area contributed by atoms with Crippen LogP contribution in [0, 0.1) is 6.92 Å². The molecule has 11 heteroatoms. The number of aromatic nitrogens is 2. The molecule has 1 fully saturated rings. The number of hydrogen-bond acceptors (Lipinski definition) is 10. The lowest BCUT2D eigenvalue weighted by Gasteiger charge is -2.23. The summed E-state index contributed by atoms with van der Waals surface area (Å²) in [6.45, 7) is 2.83. The standard InChI is InChI=1S/C30H25N3O6S2/c1-17-3-5-18(6-4-17)16-40-30-32-31-29(41-30)33-25(19-7-10-21(37-2)11-8-19)24(27(35)28(33)36)26(34)20-9-12-22-23(15-20)39-14-13-38-22/h3-12,15,25,34H,13-14,16H2,1-2H3/b26-24+/t25-/m1/s1. The van der Waals surface area contributed by atoms with Crippen LogP contribution in [0.4, 0.5) is 5.13 Å². The maximum Gasteiger partial charge on any atom is 0.301 e. The van der Waals surface area contributed by atoms with Crippen molar-refractivity contribution in [1.29, 1.82) is 0 Å². The second-order valence-electron chi connectivity index (χ2n) is 9.43. The first-order valence-electron chi connectivity index (χ1n) is 12.8. The lowest BCUT2D eigenvalue weighted by Crippen LogP contribution is -2.29. The number of methoxy groups -OCH3 is 1. The summed E-state index contributed by atoms with van der Waals surface area (Å²) in [6, 6.07) is 19.2. The summed E-state index contributed by atoms with van der Waals surface area (Å²) in [4.78, 5) is 28.3. The molecule has 1 atom stereocenters. The van der Waals surface area contributed by atoms with E-state index in [1.807, 2.05) is 6.92 Å². The zero-order valence-corrected chi connectivity index (χ0v) is 23.8. The molecule has 3 aromatic carbocycles. The molecule has 4 aromatic rings. The van der Waals surface area contributed by atoms with Crippen LogP contribution in [0.25, 0.3) is 5.76 Å². The number of aryl methyl sites for hydroxylation is 1. The highest BCUT2D eigenvalue weighted by Crippen LogP contribution is 2.45. The summed E-state index contributed by atoms with van der Waals surface area (Å²) in [6.07, 6.45) is 0. The van der Waals surface area contributed by atoms with Crippen molar-refractivity contribution in [2.24, 2.45) is 0 Å². The molecular formula is C30H25N3O6S2. The fourth-order valence-electron chi connectivity index (χ4n) is 4.67. The van der Waals surface area contributed by atoms with Gasteiger partial charge in [-0.05, 0) is 48.4 Å². The van der Waals surface area contributed by atoms with E-state index in [0.29, 0.717) is 51.7 Å². The van der Waals surface area contributed by atoms with Crippen LogP contribution in [0.15, 0.2) is 76.6 Å². The molecule has 0 bridgehead atoms. The quantitative estimate of drug-likeness (QED) is 0.0979. The minimum atomic E-state index is -0.933. The van der Waals surface area contributed by atoms with Crippen LogP contribution in [0.1, 0.15) is 28.3 Å². The molecule has 3 heterocycles. The first-order valence-corrected chi connectivity index (χ1v) is 14.6. The van der Waals surface area contributed by atoms with Gasteiger partial charge in [0, 0.05) is 11.3 Å². The SMILES string of the molecule is COc1ccc([C@@H]2/C(=C(\O)c3ccc4c(c3)OCCO4)C(=O)C(=O)N2c2nnc(SCc3ccc(C)cc3)s2)cc1. The molecule has 0 aliphatic carbocycles. The van der Waals surface area contributed by atoms with Gasteiger partial charge in [-0.1, -0.05) is 65.1 Å². The molecule has 208 valence electrons. The largest absolute Gasteiger partial charge is 0.507 e. The number of amides is 1. The zero-order valence-electron chi connectivity index (χ0n) is 22.2. The van der Waals surface area contributed by atoms with Crippen LogP contribution < -0.4 is 19.1 Å². The molecule has 1 amide bonds. The van der Waals surface area contributed by atoms with Crippen molar-refractivity contribution in [2.45, 2.75) is 23.1 Å². The van der Waals surface area contributed by atoms with Gasteiger partial charge in [0.15, 0.2) is 15.8 Å². The van der Waals surface area contributed by atoms with E-state index in [1.54, 1.807) is 49.6 Å². The predicted octanol–water partition coefficient (Wildman–Crippen LogP) is 5.54. The second-order valence-corrected chi connectivity index (χ2v) is 11.6. The number of nitrogens with zero attached hydrogens (tertiary/aromatic N) is 3. The van der Waals surface area contributed by atoms with Crippen LogP contribution in [-0.4, -0.2) is 47.3 Å². The number of rotatable bonds is 7. The number of aliphatic hydroxyl groups is 1. The summed E-state index contributed by atoms with van der Waals surface area (Å²) in [5.41, 5.74) is 3.20. The van der Waals surface area contributed by atoms with Gasteiger partial charge < -0.3 is 19.3 Å². The van der Waals surface area contributed by atoms with E-state index in [-0.39, 0.29) is 16.5 Å². The van der Waals surface area contributed by atoms with Gasteiger partial charge in [-0.15, -0.1) is 10.2 Å². The van der Waals surface area contributed by atoms with Crippen molar-refractivity contribution in [3.63, 3.8) is 0 Å². The normalized spacial score (nSPS) is 17.6. The molecule has 2 aliphatic heterocycles. The van der Waals surface area contributed by atoms with E-state index in [2.05, 4.69) is 34.5 Å². The third-order valence-corrected chi connectivity index (χ3v) is 8.90. The minimum absolute atomic E-state index is 0.0547. The van der Waals surface area contributed by atoms with Crippen LogP contribution in [-0.2, 0) is 15.3 Å². The molecule has 41 heavy (non-hydrogen) atoms. The molecule has 0 unspecified atom stereocenters. The number of benzene rings is 3. The summed E-state index contributed by atoms with van der Waals surface area (Å²) < 4.78 is 17.2. The Labute approximate surface area is 244 Å². The van der Waals surface area contributed by atoms with Crippen molar-refractivity contribution in [3.05, 3.63) is 94.6 Å². The average molecular weight is 588 g/mol. The van der Waals surface area contributed by atoms with Crippen molar-refractivity contribution >= 4 is 45.7 Å². The Hall–Kier alpha value is -4.35. The third kappa shape index (κ3) is 5.25. The Morgan fingerprint density at radius 2 is 1.76 bits per heavy atom. The fraction of sp³-hybridized carbons (Fsp3) is 0.200. The summed E-state index contributed by atoms with van der Waals surface area (Å²) in [7, 11) is 1.56. The first-order chi connectivity index (χ1) is 19.9. The molecule has 1 N–H and O–H groups in total. The van der Waals surface area contributed by atoms with Crippen molar-refractivity contribution in [3.8, 4) is 17.2 Å². The molecule has 1 saturated heterocycles. The molecule has 0 saturated carbocycles. The molecule has 0 spiro atoms. The van der Waals surface area contributed by atoms with Crippen molar-refractivity contribution < 1.29 is 28.9 Å². The monoisotopic (exact) mass is 587 g/mol. The summed E-state index contributed by atoms with van der Waals surface area (Å²) >= 11 is 2.72. The Bertz CT molecular complexity index is 1650. The van der Waals surface area contributed by atoms with Gasteiger partial charge in [0.05, 0.1) is 18.7 Å². The molecular weight excluding hydrogens is 562 g/mol. The summed E-state index contributed by atoms with van der Waals surface area (Å²) in [5, 5.41) is 20.3. The number of ketones is 1. The van der Waals surface area contributed by atoms with Crippen molar-refractivity contribution in [2.75, 3.05) is 25.2 Å². The lowest BCUT2D eigenvalue weighted by atomic mass is 9.95. The van der Waals surface area contributed by atoms with Gasteiger partial charge in [-0.2, -0.15) is 0 Å². The predicted molar refractivity (Wildman–Crippen MR) is 156 cm³/mol. The van der Waals surface area contributed by atoms with Crippen LogP contribution >= 0.6 is 23.1 Å². The third-order valence-electron chi connectivity index (χ3n) is 6.78. The number of aliphatic hydroxyl groups excluding tert-OH is 1. The van der Waals surface area contributed by atoms with Gasteiger partial charge in [0.1, 0.15) is 24.7 Å². The van der Waals surface area contributed by atoms with Gasteiger partial charge in [0.2, 0.25) is 5.13 Å². The van der Waals surface area contributed by atoms with Gasteiger partial charge >= 0.3 is 5.91 Å². The Kier molecular flexibility index (Phi) is 7.38. The van der Waals surface area contributed by atoms with E-state index in [4.69, 9.17) is 14.2 Å². The van der Waals surface area contributed by atoms with Crippen molar-refractivity contribution in [1.82, 2.24) is 10.2 Å². The number of anilines is 1. The van der Waals surface area contributed by atoms with Crippen LogP contribution in [0.5, 0.6) is 17.2 Å². The van der Waals surface area contributed by atoms with Crippen LogP contribution in [0.2, 0.25) is 0 Å². The highest BCUT2D eigenvalue weighted by Gasteiger charge is 2.48. The Morgan fingerprint density at radius 3 is 2.49 bits per heavy atom. The van der Waals surface area contributed by atoms with E-state index < -0.39 is 17.7 Å². The van der Waals surface area contributed by atoms with E-state index in [0.717, 1.165) is 5.56 Å². The topological polar surface area (TPSA) is 111 Å². The smallest absolute Gasteiger partial charge is 0.301 e. The van der Waals surface area contributed by atoms with E-state index in [9.17, 15) is 14.7 Å². The van der Waals surface area contributed by atoms with Gasteiger partial charge in [0.25, 0.3) is 5.78 Å². The number of Topliss-reactive ketones (excluding diaryl/α,β-unsaturated/α-hetero) is 1. The van der Waals surface area contributed by atoms with Gasteiger partial charge in [-0.3, -0.25) is 14.5 Å². The van der Waals surface area contributed by atoms with Crippen LogP contribution in [0.3, 0.4) is 0 Å². The zero-order chi connectivity index (χ0) is 28.5. The number of fused-ring (bicyclic) bond motifs is 1. The molecule has 1 aromatic heterocycles. The maximum absolute atomic E-state index is 13.5. The molecule has 6 rings (SSSR count). The number of hydrogen-bond donors (Lipinski definition) is 1. The number of thioether (sulfide) groups is 1. The number of ether oxygens (including phenoxy) is 3. The fourth-order valence-corrected chi connectivity index (χ4v) is 6.49. The number of carbonyl (C=O) groups excluding carboxylic acids is 2. The molecule has 2 aliphatic rings. The Balaban J connectivity index is 1.38. The second kappa shape index (κ2) is 11.3.